The van der Waals surface area contributed by atoms with E-state index in [2.05, 4.69) is 15.1 Å². The molecule has 0 aliphatic carbocycles. The van der Waals surface area contributed by atoms with E-state index in [4.69, 9.17) is 9.26 Å². The summed E-state index contributed by atoms with van der Waals surface area (Å²) in [6, 6.07) is 8.17. The number of amides is 1. The number of carbonyl (C=O) groups excluding carboxylic acids is 1. The van der Waals surface area contributed by atoms with Crippen LogP contribution in [0.1, 0.15) is 35.0 Å². The summed E-state index contributed by atoms with van der Waals surface area (Å²) in [4.78, 5) is 21.9. The van der Waals surface area contributed by atoms with Crippen molar-refractivity contribution in [3.8, 4) is 11.8 Å². The van der Waals surface area contributed by atoms with E-state index in [0.29, 0.717) is 19.0 Å². The van der Waals surface area contributed by atoms with Crippen LogP contribution in [-0.2, 0) is 0 Å². The molecule has 0 N–H and O–H groups in total. The summed E-state index contributed by atoms with van der Waals surface area (Å²) >= 11 is 0. The molecule has 1 unspecified atom stereocenters. The Morgan fingerprint density at radius 3 is 2.96 bits per heavy atom. The van der Waals surface area contributed by atoms with Gasteiger partial charge in [-0.2, -0.15) is 9.37 Å². The molecular formula is C19H16F2N4O3. The van der Waals surface area contributed by atoms with Crippen molar-refractivity contribution in [1.29, 1.82) is 0 Å². The minimum atomic E-state index is -0.699. The highest BCUT2D eigenvalue weighted by atomic mass is 19.1. The molecule has 9 heteroatoms. The molecule has 0 radical (unpaired) electrons. The molecule has 0 saturated carbocycles. The van der Waals surface area contributed by atoms with Crippen molar-refractivity contribution in [1.82, 2.24) is 20.0 Å². The molecule has 1 aromatic carbocycles. The number of likely N-dealkylation sites (tertiary alicyclic amines) is 1. The third kappa shape index (κ3) is 3.98. The second-order valence-electron chi connectivity index (χ2n) is 6.43. The van der Waals surface area contributed by atoms with Crippen molar-refractivity contribution < 1.29 is 22.8 Å². The number of ether oxygens (including phenoxy) is 1. The van der Waals surface area contributed by atoms with Crippen LogP contribution in [0.25, 0.3) is 0 Å². The molecule has 3 aromatic rings. The van der Waals surface area contributed by atoms with Gasteiger partial charge in [-0.3, -0.25) is 4.79 Å². The van der Waals surface area contributed by atoms with Crippen molar-refractivity contribution in [3.05, 3.63) is 65.8 Å². The summed E-state index contributed by atoms with van der Waals surface area (Å²) in [5.41, 5.74) is 0.244. The van der Waals surface area contributed by atoms with Gasteiger partial charge in [0, 0.05) is 37.0 Å². The summed E-state index contributed by atoms with van der Waals surface area (Å²) < 4.78 is 37.2. The van der Waals surface area contributed by atoms with Gasteiger partial charge < -0.3 is 14.2 Å². The summed E-state index contributed by atoms with van der Waals surface area (Å²) in [7, 11) is 0. The third-order valence-electron chi connectivity index (χ3n) is 4.46. The number of hydrogen-bond donors (Lipinski definition) is 0. The number of halogens is 2. The zero-order chi connectivity index (χ0) is 19.5. The fourth-order valence-corrected chi connectivity index (χ4v) is 3.15. The third-order valence-corrected chi connectivity index (χ3v) is 4.46. The monoisotopic (exact) mass is 386 g/mol. The van der Waals surface area contributed by atoms with Gasteiger partial charge in [-0.25, -0.2) is 9.37 Å². The molecule has 1 saturated heterocycles. The number of rotatable bonds is 4. The highest BCUT2D eigenvalue weighted by Crippen LogP contribution is 2.29. The number of nitrogens with zero attached hydrogens (tertiary/aromatic N) is 4. The topological polar surface area (TPSA) is 81.4 Å². The number of carbonyl (C=O) groups is 1. The van der Waals surface area contributed by atoms with Crippen LogP contribution in [0.3, 0.4) is 0 Å². The molecule has 1 atom stereocenters. The molecule has 144 valence electrons. The summed E-state index contributed by atoms with van der Waals surface area (Å²) in [5.74, 6) is -0.980. The molecule has 0 spiro atoms. The number of aromatic nitrogens is 3. The molecule has 2 aromatic heterocycles. The molecule has 1 aliphatic heterocycles. The van der Waals surface area contributed by atoms with Gasteiger partial charge in [-0.15, -0.1) is 0 Å². The highest BCUT2D eigenvalue weighted by molar-refractivity contribution is 5.94. The lowest BCUT2D eigenvalue weighted by Crippen LogP contribution is -2.39. The van der Waals surface area contributed by atoms with Crippen molar-refractivity contribution in [2.75, 3.05) is 13.1 Å². The Balaban J connectivity index is 1.45. The van der Waals surface area contributed by atoms with Gasteiger partial charge >= 0.3 is 6.01 Å². The highest BCUT2D eigenvalue weighted by Gasteiger charge is 2.29. The molecule has 7 nitrogen and oxygen atoms in total. The maximum absolute atomic E-state index is 13.3. The maximum Gasteiger partial charge on any atom is 0.359 e. The number of hydrogen-bond acceptors (Lipinski definition) is 6. The molecule has 3 heterocycles. The van der Waals surface area contributed by atoms with Crippen LogP contribution in [0, 0.1) is 11.8 Å². The Hall–Kier alpha value is -3.36. The standard InChI is InChI=1S/C19H16F2N4O3/c20-14-4-1-5-15(10-14)27-19-23-17(28-24-19)13-3-2-8-25(11-13)18(26)12-6-7-22-16(21)9-12/h1,4-7,9-10,13H,2-3,8,11H2. The lowest BCUT2D eigenvalue weighted by molar-refractivity contribution is 0.0695. The Bertz CT molecular complexity index is 995. The molecule has 0 bridgehead atoms. The van der Waals surface area contributed by atoms with E-state index in [1.807, 2.05) is 0 Å². The quantitative estimate of drug-likeness (QED) is 0.638. The van der Waals surface area contributed by atoms with Gasteiger partial charge in [-0.05, 0) is 36.2 Å². The predicted octanol–water partition coefficient (Wildman–Crippen LogP) is 3.55. The smallest absolute Gasteiger partial charge is 0.359 e. The average Bonchev–Trinajstić information content (AvgIpc) is 3.16. The Morgan fingerprint density at radius 1 is 1.25 bits per heavy atom. The minimum Gasteiger partial charge on any atom is -0.422 e. The average molecular weight is 386 g/mol. The fraction of sp³-hybridized carbons (Fsp3) is 0.263. The molecule has 4 rings (SSSR count). The van der Waals surface area contributed by atoms with Gasteiger partial charge in [-0.1, -0.05) is 6.07 Å². The number of pyridine rings is 1. The van der Waals surface area contributed by atoms with Crippen LogP contribution in [0.2, 0.25) is 0 Å². The van der Waals surface area contributed by atoms with Gasteiger partial charge in [0.05, 0.1) is 5.92 Å². The van der Waals surface area contributed by atoms with Crippen LogP contribution in [0.15, 0.2) is 47.1 Å². The van der Waals surface area contributed by atoms with Gasteiger partial charge in [0.25, 0.3) is 5.91 Å². The van der Waals surface area contributed by atoms with Crippen molar-refractivity contribution in [2.45, 2.75) is 18.8 Å². The van der Waals surface area contributed by atoms with E-state index in [1.165, 1.54) is 30.5 Å². The molecule has 1 fully saturated rings. The number of benzene rings is 1. The van der Waals surface area contributed by atoms with E-state index in [1.54, 1.807) is 11.0 Å². The SMILES string of the molecule is O=C(c1ccnc(F)c1)N1CCCC(c2nc(Oc3cccc(F)c3)no2)C1. The largest absolute Gasteiger partial charge is 0.422 e. The van der Waals surface area contributed by atoms with E-state index in [0.717, 1.165) is 18.9 Å². The molecule has 1 amide bonds. The number of piperidine rings is 1. The summed E-state index contributed by atoms with van der Waals surface area (Å²) in [6.07, 6.45) is 2.76. The van der Waals surface area contributed by atoms with Crippen LogP contribution >= 0.6 is 0 Å². The summed E-state index contributed by atoms with van der Waals surface area (Å²) in [5, 5.41) is 3.76. The van der Waals surface area contributed by atoms with Gasteiger partial charge in [0.1, 0.15) is 11.6 Å². The second kappa shape index (κ2) is 7.71. The Morgan fingerprint density at radius 2 is 2.14 bits per heavy atom. The van der Waals surface area contributed by atoms with E-state index in [9.17, 15) is 13.6 Å². The first-order chi connectivity index (χ1) is 13.6. The molecule has 1 aliphatic rings. The van der Waals surface area contributed by atoms with Crippen molar-refractivity contribution in [3.63, 3.8) is 0 Å². The van der Waals surface area contributed by atoms with Crippen LogP contribution in [-0.4, -0.2) is 39.0 Å². The van der Waals surface area contributed by atoms with Crippen molar-refractivity contribution in [2.24, 2.45) is 0 Å². The first kappa shape index (κ1) is 18.0. The van der Waals surface area contributed by atoms with Crippen LogP contribution in [0.4, 0.5) is 8.78 Å². The first-order valence-electron chi connectivity index (χ1n) is 8.76. The van der Waals surface area contributed by atoms with Crippen molar-refractivity contribution >= 4 is 5.91 Å². The zero-order valence-electron chi connectivity index (χ0n) is 14.7. The van der Waals surface area contributed by atoms with Gasteiger partial charge in [0.2, 0.25) is 11.8 Å². The lowest BCUT2D eigenvalue weighted by atomic mass is 9.97. The maximum atomic E-state index is 13.3. The summed E-state index contributed by atoms with van der Waals surface area (Å²) in [6.45, 7) is 0.921. The molecular weight excluding hydrogens is 370 g/mol. The molecule has 28 heavy (non-hydrogen) atoms. The van der Waals surface area contributed by atoms with Crippen LogP contribution < -0.4 is 4.74 Å². The van der Waals surface area contributed by atoms with E-state index in [-0.39, 0.29) is 29.1 Å². The first-order valence-corrected chi connectivity index (χ1v) is 8.76. The van der Waals surface area contributed by atoms with E-state index >= 15 is 0 Å². The second-order valence-corrected chi connectivity index (χ2v) is 6.43. The van der Waals surface area contributed by atoms with E-state index < -0.39 is 11.8 Å². The minimum absolute atomic E-state index is 0.0275. The van der Waals surface area contributed by atoms with Gasteiger partial charge in [0.15, 0.2) is 0 Å². The van der Waals surface area contributed by atoms with Crippen LogP contribution in [0.5, 0.6) is 11.8 Å². The predicted molar refractivity (Wildman–Crippen MR) is 92.8 cm³/mol. The fourth-order valence-electron chi connectivity index (χ4n) is 3.15. The zero-order valence-corrected chi connectivity index (χ0v) is 14.7. The Labute approximate surface area is 159 Å². The Kier molecular flexibility index (Phi) is 4.96. The normalized spacial score (nSPS) is 16.8. The lowest BCUT2D eigenvalue weighted by Gasteiger charge is -2.31.